The van der Waals surface area contributed by atoms with E-state index in [1.54, 1.807) is 0 Å². The number of hydrogen-bond acceptors (Lipinski definition) is 2. The summed E-state index contributed by atoms with van der Waals surface area (Å²) in [6, 6.07) is 6.24. The van der Waals surface area contributed by atoms with E-state index in [1.165, 1.54) is 24.0 Å². The van der Waals surface area contributed by atoms with Crippen LogP contribution >= 0.6 is 0 Å². The highest BCUT2D eigenvalue weighted by atomic mass is 32.2. The maximum Gasteiger partial charge on any atom is 0.315 e. The molecule has 0 fully saturated rings. The van der Waals surface area contributed by atoms with Crippen molar-refractivity contribution in [3.8, 4) is 0 Å². The molecule has 0 bridgehead atoms. The molecule has 1 aromatic rings. The maximum atomic E-state index is 11.9. The molecule has 0 spiro atoms. The number of fused-ring (bicyclic) bond motifs is 1. The molecule has 0 radical (unpaired) electrons. The standard InChI is InChI=1S/C17H26N2O2S/c1-17(2,3)22(21)10-9-18-16(20)19-12-13-7-8-14-5-4-6-15(14)11-13/h7-8,11H,4-6,9-10,12H2,1-3H3,(H2,18,19,20)/t22-/m0/s1. The molecule has 1 aliphatic carbocycles. The van der Waals surface area contributed by atoms with Crippen LogP contribution in [0.4, 0.5) is 4.79 Å². The Labute approximate surface area is 135 Å². The van der Waals surface area contributed by atoms with E-state index in [9.17, 15) is 9.00 Å². The van der Waals surface area contributed by atoms with Gasteiger partial charge in [0.05, 0.1) is 0 Å². The van der Waals surface area contributed by atoms with E-state index in [2.05, 4.69) is 28.8 Å². The lowest BCUT2D eigenvalue weighted by Crippen LogP contribution is -2.38. The number of nitrogens with one attached hydrogen (secondary N) is 2. The molecule has 0 saturated heterocycles. The molecule has 0 heterocycles. The first-order chi connectivity index (χ1) is 10.4. The predicted molar refractivity (Wildman–Crippen MR) is 91.5 cm³/mol. The van der Waals surface area contributed by atoms with E-state index >= 15 is 0 Å². The van der Waals surface area contributed by atoms with Crippen LogP contribution in [0.3, 0.4) is 0 Å². The molecule has 22 heavy (non-hydrogen) atoms. The lowest BCUT2D eigenvalue weighted by molar-refractivity contribution is 0.241. The summed E-state index contributed by atoms with van der Waals surface area (Å²) in [6.45, 7) is 6.78. The highest BCUT2D eigenvalue weighted by molar-refractivity contribution is 7.86. The molecule has 0 saturated carbocycles. The fourth-order valence-corrected chi connectivity index (χ4v) is 3.44. The minimum atomic E-state index is -0.936. The number of rotatable bonds is 5. The third kappa shape index (κ3) is 4.83. The van der Waals surface area contributed by atoms with Crippen LogP contribution in [0.15, 0.2) is 18.2 Å². The predicted octanol–water partition coefficient (Wildman–Crippen LogP) is 2.52. The first kappa shape index (κ1) is 17.0. The minimum Gasteiger partial charge on any atom is -0.337 e. The van der Waals surface area contributed by atoms with Gasteiger partial charge in [-0.2, -0.15) is 0 Å². The van der Waals surface area contributed by atoms with Crippen LogP contribution in [0.2, 0.25) is 0 Å². The highest BCUT2D eigenvalue weighted by Crippen LogP contribution is 2.22. The average molecular weight is 322 g/mol. The van der Waals surface area contributed by atoms with E-state index < -0.39 is 10.8 Å². The zero-order valence-electron chi connectivity index (χ0n) is 13.7. The smallest absolute Gasteiger partial charge is 0.315 e. The van der Waals surface area contributed by atoms with Gasteiger partial charge in [-0.3, -0.25) is 4.21 Å². The molecule has 0 aliphatic heterocycles. The molecular formula is C17H26N2O2S. The lowest BCUT2D eigenvalue weighted by Gasteiger charge is -2.17. The zero-order valence-corrected chi connectivity index (χ0v) is 14.5. The Kier molecular flexibility index (Phi) is 5.62. The Morgan fingerprint density at radius 1 is 1.18 bits per heavy atom. The SMILES string of the molecule is CC(C)(C)[S@@](=O)CCNC(=O)NCc1ccc2c(c1)CCC2. The van der Waals surface area contributed by atoms with Crippen LogP contribution in [0.1, 0.15) is 43.9 Å². The van der Waals surface area contributed by atoms with Crippen molar-refractivity contribution in [2.75, 3.05) is 12.3 Å². The van der Waals surface area contributed by atoms with Crippen molar-refractivity contribution in [1.29, 1.82) is 0 Å². The number of urea groups is 1. The molecule has 4 nitrogen and oxygen atoms in total. The van der Waals surface area contributed by atoms with Gasteiger partial charge in [-0.25, -0.2) is 4.79 Å². The van der Waals surface area contributed by atoms with Crippen molar-refractivity contribution in [2.45, 2.75) is 51.3 Å². The molecule has 1 aliphatic rings. The summed E-state index contributed by atoms with van der Waals surface area (Å²) in [5.74, 6) is 0.482. The number of benzene rings is 1. The molecule has 0 aromatic heterocycles. The number of carbonyl (C=O) groups excluding carboxylic acids is 1. The van der Waals surface area contributed by atoms with Crippen molar-refractivity contribution >= 4 is 16.8 Å². The summed E-state index contributed by atoms with van der Waals surface area (Å²) in [6.07, 6.45) is 3.56. The Morgan fingerprint density at radius 2 is 1.91 bits per heavy atom. The Balaban J connectivity index is 1.71. The van der Waals surface area contributed by atoms with Gasteiger partial charge in [0.2, 0.25) is 0 Å². The fraction of sp³-hybridized carbons (Fsp3) is 0.588. The number of hydrogen-bond donors (Lipinski definition) is 2. The average Bonchev–Trinajstić information content (AvgIpc) is 2.91. The Hall–Kier alpha value is -1.36. The summed E-state index contributed by atoms with van der Waals surface area (Å²) in [5, 5.41) is 5.62. The third-order valence-corrected chi connectivity index (χ3v) is 5.81. The van der Waals surface area contributed by atoms with Gasteiger partial charge in [-0.05, 0) is 56.7 Å². The van der Waals surface area contributed by atoms with Crippen molar-refractivity contribution in [3.63, 3.8) is 0 Å². The van der Waals surface area contributed by atoms with E-state index in [4.69, 9.17) is 0 Å². The van der Waals surface area contributed by atoms with Crippen LogP contribution in [0.25, 0.3) is 0 Å². The normalized spacial score (nSPS) is 15.2. The highest BCUT2D eigenvalue weighted by Gasteiger charge is 2.18. The maximum absolute atomic E-state index is 11.9. The van der Waals surface area contributed by atoms with E-state index in [0.29, 0.717) is 18.8 Å². The quantitative estimate of drug-likeness (QED) is 0.875. The minimum absolute atomic E-state index is 0.202. The van der Waals surface area contributed by atoms with Gasteiger partial charge in [0, 0.05) is 34.4 Å². The van der Waals surface area contributed by atoms with Crippen LogP contribution in [-0.2, 0) is 30.2 Å². The van der Waals surface area contributed by atoms with Gasteiger partial charge in [0.1, 0.15) is 0 Å². The van der Waals surface area contributed by atoms with Crippen LogP contribution < -0.4 is 10.6 Å². The summed E-state index contributed by atoms with van der Waals surface area (Å²) in [7, 11) is -0.936. The molecular weight excluding hydrogens is 296 g/mol. The van der Waals surface area contributed by atoms with Crippen molar-refractivity contribution in [1.82, 2.24) is 10.6 Å². The molecule has 0 unspecified atom stereocenters. The second kappa shape index (κ2) is 7.27. The van der Waals surface area contributed by atoms with Crippen molar-refractivity contribution in [3.05, 3.63) is 34.9 Å². The second-order valence-corrected chi connectivity index (χ2v) is 9.05. The van der Waals surface area contributed by atoms with Crippen molar-refractivity contribution in [2.24, 2.45) is 0 Å². The largest absolute Gasteiger partial charge is 0.337 e. The summed E-state index contributed by atoms with van der Waals surface area (Å²) < 4.78 is 11.6. The van der Waals surface area contributed by atoms with Gasteiger partial charge in [0.25, 0.3) is 0 Å². The molecule has 122 valence electrons. The third-order valence-electron chi connectivity index (χ3n) is 3.87. The first-order valence-electron chi connectivity index (χ1n) is 7.87. The van der Waals surface area contributed by atoms with Gasteiger partial charge < -0.3 is 10.6 Å². The van der Waals surface area contributed by atoms with Crippen LogP contribution in [-0.4, -0.2) is 27.3 Å². The van der Waals surface area contributed by atoms with E-state index in [1.807, 2.05) is 20.8 Å². The monoisotopic (exact) mass is 322 g/mol. The zero-order chi connectivity index (χ0) is 16.2. The molecule has 5 heteroatoms. The molecule has 1 atom stereocenters. The summed E-state index contributed by atoms with van der Waals surface area (Å²) in [5.41, 5.74) is 3.99. The fourth-order valence-electron chi connectivity index (χ4n) is 2.54. The van der Waals surface area contributed by atoms with Crippen molar-refractivity contribution < 1.29 is 9.00 Å². The molecule has 2 amide bonds. The second-order valence-electron chi connectivity index (χ2n) is 6.73. The summed E-state index contributed by atoms with van der Waals surface area (Å²) in [4.78, 5) is 11.8. The number of aryl methyl sites for hydroxylation is 2. The van der Waals surface area contributed by atoms with Gasteiger partial charge in [0.15, 0.2) is 0 Å². The van der Waals surface area contributed by atoms with Gasteiger partial charge in [-0.1, -0.05) is 18.2 Å². The number of amides is 2. The first-order valence-corrected chi connectivity index (χ1v) is 9.19. The summed E-state index contributed by atoms with van der Waals surface area (Å²) >= 11 is 0. The lowest BCUT2D eigenvalue weighted by atomic mass is 10.1. The Bertz CT molecular complexity index is 564. The van der Waals surface area contributed by atoms with E-state index in [-0.39, 0.29) is 10.8 Å². The Morgan fingerprint density at radius 3 is 2.64 bits per heavy atom. The topological polar surface area (TPSA) is 58.2 Å². The molecule has 1 aromatic carbocycles. The van der Waals surface area contributed by atoms with Crippen LogP contribution in [0.5, 0.6) is 0 Å². The number of carbonyl (C=O) groups is 1. The van der Waals surface area contributed by atoms with Gasteiger partial charge in [-0.15, -0.1) is 0 Å². The van der Waals surface area contributed by atoms with Crippen LogP contribution in [0, 0.1) is 0 Å². The molecule has 2 rings (SSSR count). The van der Waals surface area contributed by atoms with Gasteiger partial charge >= 0.3 is 6.03 Å². The molecule has 2 N–H and O–H groups in total. The van der Waals surface area contributed by atoms with E-state index in [0.717, 1.165) is 12.0 Å².